The summed E-state index contributed by atoms with van der Waals surface area (Å²) in [5, 5.41) is 18.7. The van der Waals surface area contributed by atoms with Gasteiger partial charge in [0.1, 0.15) is 23.5 Å². The van der Waals surface area contributed by atoms with Crippen molar-refractivity contribution in [1.29, 1.82) is 0 Å². The number of aliphatic hydroxyl groups is 1. The topological polar surface area (TPSA) is 189 Å². The molecule has 49 heavy (non-hydrogen) atoms. The number of hydrogen-bond acceptors (Lipinski definition) is 10. The molecule has 0 saturated heterocycles. The first kappa shape index (κ1) is 55.2. The second-order valence-corrected chi connectivity index (χ2v) is 11.6. The van der Waals surface area contributed by atoms with Crippen molar-refractivity contribution in [2.75, 3.05) is 53.9 Å². The Balaban J connectivity index is -0.0000000992. The molecule has 0 radical (unpaired) electrons. The molecule has 292 valence electrons. The third kappa shape index (κ3) is 67.7. The smallest absolute Gasteiger partial charge is 0.410 e. The molecule has 1 atom stereocenters. The highest BCUT2D eigenvalue weighted by Crippen LogP contribution is 2.10. The first-order valence-electron chi connectivity index (χ1n) is 16.8. The van der Waals surface area contributed by atoms with Gasteiger partial charge in [-0.1, -0.05) is 38.4 Å². The van der Waals surface area contributed by atoms with Gasteiger partial charge in [-0.15, -0.1) is 32.1 Å². The van der Waals surface area contributed by atoms with E-state index in [2.05, 4.69) is 25.1 Å². The van der Waals surface area contributed by atoms with Gasteiger partial charge >= 0.3 is 18.2 Å². The largest absolute Gasteiger partial charge is 0.480 e. The molecular weight excluding hydrogens is 656 g/mol. The molecule has 0 aliphatic heterocycles. The van der Waals surface area contributed by atoms with Gasteiger partial charge in [0.05, 0.1) is 13.1 Å². The van der Waals surface area contributed by atoms with E-state index in [4.69, 9.17) is 28.2 Å². The summed E-state index contributed by atoms with van der Waals surface area (Å²) >= 11 is 0. The Kier molecular flexibility index (Phi) is 46.1. The maximum absolute atomic E-state index is 11.5. The number of nitrogens with two attached hydrogens (primary N) is 1. The molecule has 0 aliphatic rings. The van der Waals surface area contributed by atoms with Crippen LogP contribution in [0.3, 0.4) is 0 Å². The molecule has 0 aliphatic carbocycles. The van der Waals surface area contributed by atoms with Crippen molar-refractivity contribution in [3.8, 4) is 0 Å². The standard InChI is InChI=1S/C12H21NO3.C8H15NO4.C7H13NO.C3H7N.C3H8.C2H6O.ClH/c1-6-7-8-10(14)9-13(5)11(15)16-12(2,3)4;1-8(2,3)13-7(12)9(4)5-6(10)11;1-3-4-5-7(9)6-8-2;1-2-3-4;1-3-2;1-2-3;/h6H,1,7-9H2,2-5H3;5H2,1-4H3,(H,10,11);3,8H,1,4-6H2,2H3;2H,1,3-4H2;3H2,1-2H3;3H,2H2,1H3;1H/i;;;;1TD;;. The summed E-state index contributed by atoms with van der Waals surface area (Å²) in [6.07, 6.45) is 7.09. The monoisotopic (exact) mass is 730 g/mol. The molecule has 0 rings (SSSR count). The SMILES string of the molecule is C=CCCC(=O)CN(C)C(=O)OC(C)(C)C.C=CCCC(=O)CNC.C=CCN.CCO.CN(CC(=O)O)C(=O)OC(C)(C)C.Cl.[2H]C([3H])CC. The summed E-state index contributed by atoms with van der Waals surface area (Å²) in [4.78, 5) is 57.2. The highest BCUT2D eigenvalue weighted by atomic mass is 35.5. The number of carbonyl (C=O) groups excluding carboxylic acids is 4. The molecule has 13 nitrogen and oxygen atoms in total. The summed E-state index contributed by atoms with van der Waals surface area (Å²) in [7, 11) is 4.70. The molecule has 0 bridgehead atoms. The molecule has 0 aromatic carbocycles. The zero-order valence-corrected chi connectivity index (χ0v) is 33.0. The number of amides is 2. The maximum atomic E-state index is 11.5. The van der Waals surface area contributed by atoms with E-state index in [0.717, 1.165) is 11.3 Å². The fourth-order valence-electron chi connectivity index (χ4n) is 2.17. The summed E-state index contributed by atoms with van der Waals surface area (Å²) in [5.74, 6) is -0.806. The average Bonchev–Trinajstić information content (AvgIpc) is 2.98. The summed E-state index contributed by atoms with van der Waals surface area (Å²) in [5.41, 5.74) is 3.78. The van der Waals surface area contributed by atoms with E-state index in [1.807, 2.05) is 6.92 Å². The van der Waals surface area contributed by atoms with Crippen LogP contribution in [0.5, 0.6) is 0 Å². The van der Waals surface area contributed by atoms with Gasteiger partial charge in [0.2, 0.25) is 0 Å². The Morgan fingerprint density at radius 2 is 1.18 bits per heavy atom. The first-order valence-corrected chi connectivity index (χ1v) is 15.7. The van der Waals surface area contributed by atoms with Crippen LogP contribution in [0.4, 0.5) is 9.59 Å². The Morgan fingerprint density at radius 1 is 0.857 bits per heavy atom. The second kappa shape index (κ2) is 40.9. The predicted molar refractivity (Wildman–Crippen MR) is 203 cm³/mol. The number of carboxylic acids is 1. The number of carboxylic acid groups (broad SMARTS) is 1. The Hall–Kier alpha value is -3.26. The number of nitrogens with zero attached hydrogens (tertiary/aromatic N) is 2. The molecule has 2 amide bonds. The van der Waals surface area contributed by atoms with Crippen LogP contribution in [-0.2, 0) is 23.9 Å². The van der Waals surface area contributed by atoms with Gasteiger partial charge in [0.15, 0.2) is 5.78 Å². The van der Waals surface area contributed by atoms with Crippen LogP contribution in [-0.4, -0.2) is 115 Å². The van der Waals surface area contributed by atoms with E-state index in [0.29, 0.717) is 38.8 Å². The molecule has 0 fully saturated rings. The minimum absolute atomic E-state index is 0. The number of rotatable bonds is 13. The van der Waals surface area contributed by atoms with E-state index >= 15 is 0 Å². The number of hydrogen-bond donors (Lipinski definition) is 4. The van der Waals surface area contributed by atoms with Crippen molar-refractivity contribution < 1.29 is 46.4 Å². The number of nitrogens with one attached hydrogen (secondary N) is 1. The van der Waals surface area contributed by atoms with E-state index in [-0.39, 0.29) is 43.7 Å². The zero-order chi connectivity index (χ0) is 40.9. The van der Waals surface area contributed by atoms with Gasteiger partial charge in [-0.3, -0.25) is 14.4 Å². The van der Waals surface area contributed by atoms with Gasteiger partial charge < -0.3 is 40.5 Å². The summed E-state index contributed by atoms with van der Waals surface area (Å²) in [6, 6.07) is 0. The summed E-state index contributed by atoms with van der Waals surface area (Å²) in [6.45, 7) is 24.9. The van der Waals surface area contributed by atoms with Crippen molar-refractivity contribution in [2.45, 2.75) is 106 Å². The normalized spacial score (nSPS) is 10.5. The quantitative estimate of drug-likeness (QED) is 0.162. The van der Waals surface area contributed by atoms with Crippen molar-refractivity contribution in [3.63, 3.8) is 0 Å². The molecular formula is C35H71ClN4O9. The van der Waals surface area contributed by atoms with E-state index < -0.39 is 36.2 Å². The van der Waals surface area contributed by atoms with Crippen molar-refractivity contribution >= 4 is 42.1 Å². The number of Topliss-reactive ketones (excluding diaryl/α,β-unsaturated/α-hetero) is 2. The Morgan fingerprint density at radius 3 is 1.43 bits per heavy atom. The van der Waals surface area contributed by atoms with Crippen molar-refractivity contribution in [1.82, 2.24) is 15.1 Å². The summed E-state index contributed by atoms with van der Waals surface area (Å²) < 4.78 is 23.0. The van der Waals surface area contributed by atoms with Crippen LogP contribution < -0.4 is 11.1 Å². The Bertz CT molecular complexity index is 928. The van der Waals surface area contributed by atoms with Crippen LogP contribution >= 0.6 is 12.4 Å². The van der Waals surface area contributed by atoms with Crippen LogP contribution in [0, 0.1) is 0 Å². The third-order valence-electron chi connectivity index (χ3n) is 3.99. The van der Waals surface area contributed by atoms with E-state index in [9.17, 15) is 24.0 Å². The minimum atomic E-state index is -1.06. The lowest BCUT2D eigenvalue weighted by Crippen LogP contribution is -2.37. The lowest BCUT2D eigenvalue weighted by atomic mass is 10.2. The van der Waals surface area contributed by atoms with Crippen LogP contribution in [0.1, 0.15) is 97.1 Å². The molecule has 1 unspecified atom stereocenters. The predicted octanol–water partition coefficient (Wildman–Crippen LogP) is 6.04. The highest BCUT2D eigenvalue weighted by molar-refractivity contribution is 5.85. The maximum Gasteiger partial charge on any atom is 0.410 e. The first-order chi connectivity index (χ1) is 22.9. The third-order valence-corrected chi connectivity index (χ3v) is 3.99. The average molecular weight is 730 g/mol. The number of allylic oxidation sites excluding steroid dienone is 2. The number of carbonyl (C=O) groups is 5. The van der Waals surface area contributed by atoms with Crippen LogP contribution in [0.2, 0.25) is 0 Å². The molecule has 0 aromatic rings. The second-order valence-electron chi connectivity index (χ2n) is 11.6. The number of ketones is 2. The van der Waals surface area contributed by atoms with Crippen LogP contribution in [0.25, 0.3) is 0 Å². The van der Waals surface area contributed by atoms with E-state index in [1.165, 1.54) is 11.9 Å². The Labute approximate surface area is 306 Å². The zero-order valence-electron chi connectivity index (χ0n) is 34.1. The van der Waals surface area contributed by atoms with Crippen molar-refractivity contribution in [3.05, 3.63) is 38.0 Å². The van der Waals surface area contributed by atoms with Gasteiger partial charge in [-0.05, 0) is 68.4 Å². The molecule has 14 heteroatoms. The van der Waals surface area contributed by atoms with Gasteiger partial charge in [0, 0.05) is 42.8 Å². The molecule has 0 spiro atoms. The fraction of sp³-hybridized carbons (Fsp3) is 0.686. The number of halogens is 1. The molecule has 0 saturated carbocycles. The number of aliphatic carboxylic acids is 1. The highest BCUT2D eigenvalue weighted by Gasteiger charge is 2.21. The minimum Gasteiger partial charge on any atom is -0.480 e. The number of likely N-dealkylation sites (N-methyl/N-ethyl adjacent to an activating group) is 3. The van der Waals surface area contributed by atoms with Crippen molar-refractivity contribution in [2.24, 2.45) is 5.73 Å². The molecule has 0 heterocycles. The fourth-order valence-corrected chi connectivity index (χ4v) is 2.17. The molecule has 0 aromatic heterocycles. The molecule has 5 N–H and O–H groups in total. The number of ether oxygens (including phenoxy) is 2. The van der Waals surface area contributed by atoms with Gasteiger partial charge in [-0.25, -0.2) is 9.59 Å². The number of aliphatic hydroxyl groups excluding tert-OH is 1. The van der Waals surface area contributed by atoms with Crippen LogP contribution in [0.15, 0.2) is 38.0 Å². The van der Waals surface area contributed by atoms with E-state index in [1.54, 1.807) is 80.8 Å². The van der Waals surface area contributed by atoms with Gasteiger partial charge in [-0.2, -0.15) is 0 Å². The van der Waals surface area contributed by atoms with Gasteiger partial charge in [0.25, 0.3) is 0 Å². The lowest BCUT2D eigenvalue weighted by molar-refractivity contribution is -0.138. The lowest BCUT2D eigenvalue weighted by Gasteiger charge is -2.24.